The standard InChI is InChI=1S/C14H17NO7.3H2O/c16-6-10-11(18)14(21,12(19)13(20)22-10)15-5-9(17)7-3-1-2-4-8(7)15;;;/h1-5,10-13,16-21H,6H2;3*1H2/t10-,11-,12+,13-,14+;;;/m1.../s1. The van der Waals surface area contributed by atoms with Crippen molar-refractivity contribution in [3.63, 3.8) is 0 Å². The van der Waals surface area contributed by atoms with E-state index in [-0.39, 0.29) is 22.2 Å². The second kappa shape index (κ2) is 8.05. The van der Waals surface area contributed by atoms with Crippen molar-refractivity contribution in [1.82, 2.24) is 4.57 Å². The van der Waals surface area contributed by atoms with Gasteiger partial charge in [0, 0.05) is 11.6 Å². The van der Waals surface area contributed by atoms with Crippen molar-refractivity contribution in [2.75, 3.05) is 6.61 Å². The molecule has 1 saturated heterocycles. The molecule has 2 heterocycles. The summed E-state index contributed by atoms with van der Waals surface area (Å²) in [6, 6.07) is 6.50. The van der Waals surface area contributed by atoms with Crippen LogP contribution in [0.2, 0.25) is 0 Å². The van der Waals surface area contributed by atoms with E-state index in [1.807, 2.05) is 0 Å². The van der Waals surface area contributed by atoms with Gasteiger partial charge in [-0.2, -0.15) is 0 Å². The van der Waals surface area contributed by atoms with Crippen molar-refractivity contribution in [2.45, 2.75) is 30.3 Å². The van der Waals surface area contributed by atoms with Gasteiger partial charge in [0.2, 0.25) is 5.72 Å². The van der Waals surface area contributed by atoms with Crippen molar-refractivity contribution >= 4 is 10.9 Å². The van der Waals surface area contributed by atoms with Crippen LogP contribution in [0.3, 0.4) is 0 Å². The molecule has 144 valence electrons. The van der Waals surface area contributed by atoms with E-state index >= 15 is 0 Å². The fourth-order valence-electron chi connectivity index (χ4n) is 2.87. The number of rotatable bonds is 2. The third-order valence-electron chi connectivity index (χ3n) is 4.06. The zero-order chi connectivity index (χ0) is 16.1. The molecule has 1 aliphatic heterocycles. The Kier molecular flexibility index (Phi) is 7.47. The van der Waals surface area contributed by atoms with Gasteiger partial charge in [0.15, 0.2) is 12.4 Å². The van der Waals surface area contributed by atoms with Crippen LogP contribution in [-0.4, -0.2) is 82.8 Å². The van der Waals surface area contributed by atoms with E-state index in [1.165, 1.54) is 0 Å². The molecule has 0 amide bonds. The largest absolute Gasteiger partial charge is 0.506 e. The highest BCUT2D eigenvalue weighted by atomic mass is 16.6. The molecule has 3 rings (SSSR count). The van der Waals surface area contributed by atoms with Gasteiger partial charge in [-0.05, 0) is 12.1 Å². The Bertz CT molecular complexity index is 691. The first-order chi connectivity index (χ1) is 10.4. The lowest BCUT2D eigenvalue weighted by Crippen LogP contribution is -2.67. The Morgan fingerprint density at radius 3 is 2.24 bits per heavy atom. The molecule has 0 unspecified atom stereocenters. The molecule has 0 radical (unpaired) electrons. The number of benzene rings is 1. The molecule has 5 atom stereocenters. The second-order valence-corrected chi connectivity index (χ2v) is 5.32. The van der Waals surface area contributed by atoms with Gasteiger partial charge in [-0.1, -0.05) is 12.1 Å². The first-order valence-electron chi connectivity index (χ1n) is 6.73. The van der Waals surface area contributed by atoms with Gasteiger partial charge in [0.05, 0.1) is 12.1 Å². The van der Waals surface area contributed by atoms with Crippen LogP contribution in [0.4, 0.5) is 0 Å². The molecule has 1 fully saturated rings. The molecule has 0 bridgehead atoms. The SMILES string of the molecule is O.O.O.OC[C@H]1O[C@@H](O)[C@H](O)[C@](O)(n2cc(O)c3ccccc32)[C@@H]1O. The van der Waals surface area contributed by atoms with Crippen LogP contribution in [0, 0.1) is 0 Å². The number of hydrogen-bond acceptors (Lipinski definition) is 7. The lowest BCUT2D eigenvalue weighted by atomic mass is 9.91. The van der Waals surface area contributed by atoms with Crippen LogP contribution >= 0.6 is 0 Å². The highest BCUT2D eigenvalue weighted by Gasteiger charge is 2.56. The number of fused-ring (bicyclic) bond motifs is 1. The molecule has 11 nitrogen and oxygen atoms in total. The first-order valence-corrected chi connectivity index (χ1v) is 6.73. The molecule has 12 N–H and O–H groups in total. The van der Waals surface area contributed by atoms with Crippen LogP contribution in [0.5, 0.6) is 5.75 Å². The molecule has 2 aromatic rings. The minimum Gasteiger partial charge on any atom is -0.506 e. The zero-order valence-electron chi connectivity index (χ0n) is 12.9. The minimum atomic E-state index is -2.38. The van der Waals surface area contributed by atoms with E-state index < -0.39 is 36.9 Å². The molecule has 0 aliphatic carbocycles. The lowest BCUT2D eigenvalue weighted by molar-refractivity contribution is -0.346. The molecule has 11 heteroatoms. The second-order valence-electron chi connectivity index (χ2n) is 5.32. The van der Waals surface area contributed by atoms with Gasteiger partial charge >= 0.3 is 0 Å². The molecule has 0 saturated carbocycles. The van der Waals surface area contributed by atoms with Gasteiger partial charge in [0.1, 0.15) is 18.0 Å². The summed E-state index contributed by atoms with van der Waals surface area (Å²) in [6.45, 7) is -0.668. The predicted octanol–water partition coefficient (Wildman–Crippen LogP) is -4.05. The fourth-order valence-corrected chi connectivity index (χ4v) is 2.87. The van der Waals surface area contributed by atoms with Crippen molar-refractivity contribution < 1.29 is 51.8 Å². The maximum atomic E-state index is 10.9. The fraction of sp³-hybridized carbons (Fsp3) is 0.429. The highest BCUT2D eigenvalue weighted by Crippen LogP contribution is 2.38. The van der Waals surface area contributed by atoms with Crippen LogP contribution in [0.25, 0.3) is 10.9 Å². The first kappa shape index (κ1) is 23.2. The number of ether oxygens (including phenoxy) is 1. The van der Waals surface area contributed by atoms with E-state index in [2.05, 4.69) is 0 Å². The van der Waals surface area contributed by atoms with Crippen molar-refractivity contribution in [2.24, 2.45) is 0 Å². The Hall–Kier alpha value is -1.80. The molecule has 1 aromatic carbocycles. The van der Waals surface area contributed by atoms with Crippen LogP contribution in [0.1, 0.15) is 0 Å². The molecular weight excluding hydrogens is 342 g/mol. The third-order valence-corrected chi connectivity index (χ3v) is 4.06. The smallest absolute Gasteiger partial charge is 0.202 e. The average Bonchev–Trinajstić information content (AvgIpc) is 2.87. The number of aromatic nitrogens is 1. The molecule has 25 heavy (non-hydrogen) atoms. The Morgan fingerprint density at radius 1 is 1.04 bits per heavy atom. The molecule has 1 aromatic heterocycles. The minimum absolute atomic E-state index is 0. The monoisotopic (exact) mass is 365 g/mol. The van der Waals surface area contributed by atoms with Crippen LogP contribution < -0.4 is 0 Å². The van der Waals surface area contributed by atoms with Gasteiger partial charge in [-0.15, -0.1) is 0 Å². The highest BCUT2D eigenvalue weighted by molar-refractivity contribution is 5.86. The van der Waals surface area contributed by atoms with E-state index in [0.29, 0.717) is 10.9 Å². The van der Waals surface area contributed by atoms with Crippen LogP contribution in [-0.2, 0) is 10.5 Å². The van der Waals surface area contributed by atoms with Crippen molar-refractivity contribution in [1.29, 1.82) is 0 Å². The lowest BCUT2D eigenvalue weighted by Gasteiger charge is -2.47. The quantitative estimate of drug-likeness (QED) is 0.308. The number of aromatic hydroxyl groups is 1. The van der Waals surface area contributed by atoms with Gasteiger partial charge in [-0.25, -0.2) is 0 Å². The molecular formula is C14H23NO10. The van der Waals surface area contributed by atoms with E-state index in [4.69, 9.17) is 4.74 Å². The summed E-state index contributed by atoms with van der Waals surface area (Å²) in [5, 5.41) is 60.6. The summed E-state index contributed by atoms with van der Waals surface area (Å²) in [6.07, 6.45) is -5.59. The Balaban J connectivity index is 0.00000192. The van der Waals surface area contributed by atoms with Gasteiger partial charge in [0.25, 0.3) is 0 Å². The number of nitrogens with zero attached hydrogens (tertiary/aromatic N) is 1. The maximum absolute atomic E-state index is 10.9. The zero-order valence-corrected chi connectivity index (χ0v) is 12.9. The van der Waals surface area contributed by atoms with E-state index in [0.717, 1.165) is 10.8 Å². The topological polar surface area (TPSA) is 230 Å². The summed E-state index contributed by atoms with van der Waals surface area (Å²) in [5.74, 6) is -0.162. The Labute approximate surface area is 141 Å². The number of aliphatic hydroxyl groups is 5. The molecule has 1 aliphatic rings. The third kappa shape index (κ3) is 3.20. The van der Waals surface area contributed by atoms with E-state index in [9.17, 15) is 30.6 Å². The van der Waals surface area contributed by atoms with Gasteiger partial charge in [-0.3, -0.25) is 0 Å². The number of hydrogen-bond donors (Lipinski definition) is 6. The Morgan fingerprint density at radius 2 is 1.64 bits per heavy atom. The predicted molar refractivity (Wildman–Crippen MR) is 84.6 cm³/mol. The van der Waals surface area contributed by atoms with Crippen LogP contribution in [0.15, 0.2) is 30.5 Å². The van der Waals surface area contributed by atoms with Gasteiger partial charge < -0.3 is 56.4 Å². The maximum Gasteiger partial charge on any atom is 0.202 e. The van der Waals surface area contributed by atoms with Crippen molar-refractivity contribution in [3.8, 4) is 5.75 Å². The number of aliphatic hydroxyl groups excluding tert-OH is 4. The summed E-state index contributed by atoms with van der Waals surface area (Å²) in [5.41, 5.74) is -2.04. The molecule has 0 spiro atoms. The van der Waals surface area contributed by atoms with E-state index in [1.54, 1.807) is 24.3 Å². The summed E-state index contributed by atoms with van der Waals surface area (Å²) >= 11 is 0. The number of para-hydroxylation sites is 1. The average molecular weight is 365 g/mol. The summed E-state index contributed by atoms with van der Waals surface area (Å²) in [4.78, 5) is 0. The summed E-state index contributed by atoms with van der Waals surface area (Å²) < 4.78 is 5.94. The van der Waals surface area contributed by atoms with Crippen molar-refractivity contribution in [3.05, 3.63) is 30.5 Å². The summed E-state index contributed by atoms with van der Waals surface area (Å²) in [7, 11) is 0. The normalized spacial score (nSPS) is 31.6.